The molecule has 0 aliphatic heterocycles. The molecule has 0 saturated heterocycles. The molecule has 4 heteroatoms. The van der Waals surface area contributed by atoms with Crippen molar-refractivity contribution in [2.75, 3.05) is 0 Å². The van der Waals surface area contributed by atoms with Crippen molar-refractivity contribution < 1.29 is 0 Å². The van der Waals surface area contributed by atoms with Crippen LogP contribution in [0.4, 0.5) is 0 Å². The molecule has 2 aliphatic rings. The van der Waals surface area contributed by atoms with Gasteiger partial charge in [0.1, 0.15) is 5.82 Å². The minimum absolute atomic E-state index is 0.631. The van der Waals surface area contributed by atoms with Crippen molar-refractivity contribution in [2.24, 2.45) is 0 Å². The topological polar surface area (TPSA) is 33.6 Å². The van der Waals surface area contributed by atoms with Crippen LogP contribution in [0.1, 0.15) is 62.7 Å². The van der Waals surface area contributed by atoms with Gasteiger partial charge in [0.05, 0.1) is 0 Å². The lowest BCUT2D eigenvalue weighted by atomic mass is 9.84. The minimum atomic E-state index is 0.631. The summed E-state index contributed by atoms with van der Waals surface area (Å²) in [5, 5.41) is 7.41. The monoisotopic (exact) mass is 223 g/mol. The van der Waals surface area contributed by atoms with Gasteiger partial charge in [0, 0.05) is 12.0 Å². The first-order valence-corrected chi connectivity index (χ1v) is 6.44. The molecule has 2 aliphatic carbocycles. The number of aromatic nitrogens is 3. The average Bonchev–Trinajstić information content (AvgIpc) is 2.72. The van der Waals surface area contributed by atoms with Gasteiger partial charge < -0.3 is 4.57 Å². The molecule has 2 saturated carbocycles. The molecule has 82 valence electrons. The summed E-state index contributed by atoms with van der Waals surface area (Å²) in [6.45, 7) is 0. The zero-order valence-corrected chi connectivity index (χ0v) is 9.72. The fourth-order valence-corrected chi connectivity index (χ4v) is 3.07. The van der Waals surface area contributed by atoms with Crippen molar-refractivity contribution in [3.8, 4) is 0 Å². The molecule has 0 unspecified atom stereocenters. The molecule has 3 rings (SSSR count). The molecule has 1 heterocycles. The lowest BCUT2D eigenvalue weighted by Gasteiger charge is -2.26. The Kier molecular flexibility index (Phi) is 2.39. The van der Waals surface area contributed by atoms with Crippen LogP contribution in [0.5, 0.6) is 0 Å². The van der Waals surface area contributed by atoms with Crippen LogP contribution >= 0.6 is 12.2 Å². The van der Waals surface area contributed by atoms with Gasteiger partial charge in [-0.15, -0.1) is 0 Å². The maximum atomic E-state index is 5.35. The number of nitrogens with zero attached hydrogens (tertiary/aromatic N) is 2. The van der Waals surface area contributed by atoms with Crippen molar-refractivity contribution in [1.82, 2.24) is 14.8 Å². The number of aromatic amines is 1. The predicted octanol–water partition coefficient (Wildman–Crippen LogP) is 3.32. The van der Waals surface area contributed by atoms with E-state index in [1.807, 2.05) is 0 Å². The van der Waals surface area contributed by atoms with Crippen LogP contribution in [-0.2, 0) is 0 Å². The van der Waals surface area contributed by atoms with Gasteiger partial charge in [-0.3, -0.25) is 5.10 Å². The first kappa shape index (κ1) is 9.58. The van der Waals surface area contributed by atoms with Crippen molar-refractivity contribution in [3.05, 3.63) is 10.6 Å². The van der Waals surface area contributed by atoms with Crippen LogP contribution in [0.3, 0.4) is 0 Å². The maximum absolute atomic E-state index is 5.35. The molecule has 0 amide bonds. The van der Waals surface area contributed by atoms with Gasteiger partial charge >= 0.3 is 0 Å². The average molecular weight is 223 g/mol. The van der Waals surface area contributed by atoms with Crippen molar-refractivity contribution in [2.45, 2.75) is 56.9 Å². The summed E-state index contributed by atoms with van der Waals surface area (Å²) in [5.41, 5.74) is 0. The van der Waals surface area contributed by atoms with Crippen LogP contribution < -0.4 is 0 Å². The van der Waals surface area contributed by atoms with Crippen LogP contribution in [-0.4, -0.2) is 14.8 Å². The van der Waals surface area contributed by atoms with E-state index in [1.165, 1.54) is 50.8 Å². The fraction of sp³-hybridized carbons (Fsp3) is 0.818. The molecule has 1 aromatic rings. The molecule has 1 N–H and O–H groups in total. The molecule has 2 fully saturated rings. The normalized spacial score (nSPS) is 23.2. The summed E-state index contributed by atoms with van der Waals surface area (Å²) in [5.74, 6) is 1.91. The molecule has 0 atom stereocenters. The zero-order valence-electron chi connectivity index (χ0n) is 8.91. The Morgan fingerprint density at radius 2 is 1.87 bits per heavy atom. The third kappa shape index (κ3) is 1.55. The minimum Gasteiger partial charge on any atom is -0.301 e. The van der Waals surface area contributed by atoms with E-state index in [9.17, 15) is 0 Å². The van der Waals surface area contributed by atoms with Crippen LogP contribution in [0.2, 0.25) is 0 Å². The third-order valence-corrected chi connectivity index (χ3v) is 4.18. The van der Waals surface area contributed by atoms with E-state index in [0.717, 1.165) is 4.77 Å². The van der Waals surface area contributed by atoms with Gasteiger partial charge in [-0.05, 0) is 37.9 Å². The van der Waals surface area contributed by atoms with Gasteiger partial charge in [0.25, 0.3) is 0 Å². The van der Waals surface area contributed by atoms with Crippen molar-refractivity contribution in [1.29, 1.82) is 0 Å². The molecule has 15 heavy (non-hydrogen) atoms. The van der Waals surface area contributed by atoms with Gasteiger partial charge in [-0.2, -0.15) is 5.10 Å². The van der Waals surface area contributed by atoms with E-state index in [1.54, 1.807) is 0 Å². The van der Waals surface area contributed by atoms with Crippen molar-refractivity contribution in [3.63, 3.8) is 0 Å². The zero-order chi connectivity index (χ0) is 10.3. The van der Waals surface area contributed by atoms with Gasteiger partial charge in [-0.25, -0.2) is 0 Å². The number of rotatable bonds is 2. The lowest BCUT2D eigenvalue weighted by Crippen LogP contribution is -2.18. The summed E-state index contributed by atoms with van der Waals surface area (Å²) in [7, 11) is 0. The first-order valence-electron chi connectivity index (χ1n) is 6.03. The second-order valence-corrected chi connectivity index (χ2v) is 5.21. The first-order chi connectivity index (χ1) is 7.36. The van der Waals surface area contributed by atoms with E-state index in [-0.39, 0.29) is 0 Å². The highest BCUT2D eigenvalue weighted by molar-refractivity contribution is 7.71. The molecule has 1 aromatic heterocycles. The van der Waals surface area contributed by atoms with Gasteiger partial charge in [-0.1, -0.05) is 19.3 Å². The highest BCUT2D eigenvalue weighted by Gasteiger charge is 2.28. The molecule has 0 radical (unpaired) electrons. The molecule has 3 nitrogen and oxygen atoms in total. The smallest absolute Gasteiger partial charge is 0.195 e. The van der Waals surface area contributed by atoms with E-state index in [2.05, 4.69) is 14.8 Å². The van der Waals surface area contributed by atoms with Crippen molar-refractivity contribution >= 4 is 12.2 Å². The Hall–Kier alpha value is -0.640. The Labute approximate surface area is 94.9 Å². The van der Waals surface area contributed by atoms with E-state index in [4.69, 9.17) is 12.2 Å². The third-order valence-electron chi connectivity index (χ3n) is 3.89. The summed E-state index contributed by atoms with van der Waals surface area (Å²) in [6, 6.07) is 0.631. The van der Waals surface area contributed by atoms with Crippen LogP contribution in [0.15, 0.2) is 0 Å². The molecule has 0 bridgehead atoms. The number of hydrogen-bond acceptors (Lipinski definition) is 2. The number of nitrogens with one attached hydrogen (secondary N) is 1. The lowest BCUT2D eigenvalue weighted by molar-refractivity contribution is 0.368. The van der Waals surface area contributed by atoms with E-state index >= 15 is 0 Å². The molecule has 0 spiro atoms. The Bertz CT molecular complexity index is 396. The van der Waals surface area contributed by atoms with E-state index < -0.39 is 0 Å². The fourth-order valence-electron chi connectivity index (χ4n) is 2.79. The number of hydrogen-bond donors (Lipinski definition) is 1. The Balaban J connectivity index is 1.96. The molecular formula is C11H17N3S. The number of H-pyrrole nitrogens is 1. The largest absolute Gasteiger partial charge is 0.301 e. The second kappa shape index (κ2) is 3.74. The quantitative estimate of drug-likeness (QED) is 0.780. The SMILES string of the molecule is S=c1[nH]nc(C2CCC2)n1C1CCCC1. The summed E-state index contributed by atoms with van der Waals surface area (Å²) < 4.78 is 3.15. The highest BCUT2D eigenvalue weighted by Crippen LogP contribution is 2.38. The highest BCUT2D eigenvalue weighted by atomic mass is 32.1. The standard InChI is InChI=1S/C11H17N3S/c15-11-13-12-10(8-4-3-5-8)14(11)9-6-1-2-7-9/h8-9H,1-7H2,(H,13,15). The van der Waals surface area contributed by atoms with Gasteiger partial charge in [0.2, 0.25) is 0 Å². The second-order valence-electron chi connectivity index (χ2n) is 4.82. The predicted molar refractivity (Wildman–Crippen MR) is 61.5 cm³/mol. The van der Waals surface area contributed by atoms with Crippen LogP contribution in [0, 0.1) is 4.77 Å². The van der Waals surface area contributed by atoms with Gasteiger partial charge in [0.15, 0.2) is 4.77 Å². The summed E-state index contributed by atoms with van der Waals surface area (Å²) in [6.07, 6.45) is 9.22. The van der Waals surface area contributed by atoms with Crippen LogP contribution in [0.25, 0.3) is 0 Å². The Morgan fingerprint density at radius 3 is 2.47 bits per heavy atom. The molecular weight excluding hydrogens is 206 g/mol. The van der Waals surface area contributed by atoms with E-state index in [0.29, 0.717) is 12.0 Å². The Morgan fingerprint density at radius 1 is 1.13 bits per heavy atom. The molecule has 0 aromatic carbocycles. The summed E-state index contributed by atoms with van der Waals surface area (Å²) >= 11 is 5.35. The summed E-state index contributed by atoms with van der Waals surface area (Å²) in [4.78, 5) is 0. The maximum Gasteiger partial charge on any atom is 0.195 e.